The third-order valence-corrected chi connectivity index (χ3v) is 2.77. The predicted molar refractivity (Wildman–Crippen MR) is 68.9 cm³/mol. The molecule has 0 bridgehead atoms. The van der Waals surface area contributed by atoms with Crippen LogP contribution in [0.2, 0.25) is 15.1 Å². The largest absolute Gasteiger partial charge is 0.339 e. The second-order valence-electron chi connectivity index (χ2n) is 3.24. The molecule has 0 saturated heterocycles. The molecule has 0 aliphatic carbocycles. The van der Waals surface area contributed by atoms with E-state index in [1.165, 1.54) is 24.4 Å². The summed E-state index contributed by atoms with van der Waals surface area (Å²) < 4.78 is 13.0. The molecule has 2 nitrogen and oxygen atoms in total. The smallest absolute Gasteiger partial charge is 0.149 e. The number of halogens is 4. The van der Waals surface area contributed by atoms with Gasteiger partial charge in [0.15, 0.2) is 0 Å². The first-order valence-corrected chi connectivity index (χ1v) is 5.73. The lowest BCUT2D eigenvalue weighted by atomic mass is 10.3. The SMILES string of the molecule is Fc1ccc(Nc2ncc(Cl)cc2Cl)cc1Cl. The van der Waals surface area contributed by atoms with E-state index in [1.54, 1.807) is 6.07 Å². The highest BCUT2D eigenvalue weighted by Crippen LogP contribution is 2.27. The van der Waals surface area contributed by atoms with Crippen molar-refractivity contribution in [3.8, 4) is 0 Å². The lowest BCUT2D eigenvalue weighted by molar-refractivity contribution is 0.628. The normalized spacial score (nSPS) is 10.4. The number of rotatable bonds is 2. The molecule has 0 atom stereocenters. The molecule has 1 heterocycles. The molecule has 0 unspecified atom stereocenters. The molecule has 1 aromatic heterocycles. The van der Waals surface area contributed by atoms with E-state index in [2.05, 4.69) is 10.3 Å². The van der Waals surface area contributed by atoms with Crippen LogP contribution in [0.1, 0.15) is 0 Å². The Bertz CT molecular complexity index is 560. The van der Waals surface area contributed by atoms with Crippen LogP contribution < -0.4 is 5.32 Å². The number of aromatic nitrogens is 1. The van der Waals surface area contributed by atoms with Gasteiger partial charge in [-0.25, -0.2) is 9.37 Å². The van der Waals surface area contributed by atoms with Crippen LogP contribution in [0.3, 0.4) is 0 Å². The van der Waals surface area contributed by atoms with Crippen molar-refractivity contribution in [2.45, 2.75) is 0 Å². The summed E-state index contributed by atoms with van der Waals surface area (Å²) in [6.45, 7) is 0. The van der Waals surface area contributed by atoms with E-state index in [1.807, 2.05) is 0 Å². The Labute approximate surface area is 112 Å². The van der Waals surface area contributed by atoms with Gasteiger partial charge in [0.25, 0.3) is 0 Å². The topological polar surface area (TPSA) is 24.9 Å². The van der Waals surface area contributed by atoms with Gasteiger partial charge in [0.2, 0.25) is 0 Å². The summed E-state index contributed by atoms with van der Waals surface area (Å²) in [4.78, 5) is 4.01. The van der Waals surface area contributed by atoms with E-state index in [4.69, 9.17) is 34.8 Å². The van der Waals surface area contributed by atoms with Crippen molar-refractivity contribution in [2.75, 3.05) is 5.32 Å². The number of hydrogen-bond donors (Lipinski definition) is 1. The van der Waals surface area contributed by atoms with Gasteiger partial charge in [0.05, 0.1) is 15.1 Å². The summed E-state index contributed by atoms with van der Waals surface area (Å²) >= 11 is 17.3. The molecule has 2 aromatic rings. The zero-order valence-corrected chi connectivity index (χ0v) is 10.6. The molecule has 0 fully saturated rings. The highest BCUT2D eigenvalue weighted by atomic mass is 35.5. The van der Waals surface area contributed by atoms with E-state index >= 15 is 0 Å². The fraction of sp³-hybridized carbons (Fsp3) is 0. The Hall–Kier alpha value is -1.03. The van der Waals surface area contributed by atoms with Crippen LogP contribution in [-0.4, -0.2) is 4.98 Å². The van der Waals surface area contributed by atoms with Crippen molar-refractivity contribution in [2.24, 2.45) is 0 Å². The van der Waals surface area contributed by atoms with Gasteiger partial charge >= 0.3 is 0 Å². The van der Waals surface area contributed by atoms with Crippen molar-refractivity contribution < 1.29 is 4.39 Å². The Morgan fingerprint density at radius 1 is 1.06 bits per heavy atom. The number of pyridine rings is 1. The summed E-state index contributed by atoms with van der Waals surface area (Å²) in [6.07, 6.45) is 1.46. The highest BCUT2D eigenvalue weighted by molar-refractivity contribution is 6.36. The second-order valence-corrected chi connectivity index (χ2v) is 4.49. The molecule has 0 saturated carbocycles. The number of benzene rings is 1. The fourth-order valence-corrected chi connectivity index (χ4v) is 1.83. The van der Waals surface area contributed by atoms with Crippen LogP contribution in [0.4, 0.5) is 15.9 Å². The van der Waals surface area contributed by atoms with Gasteiger partial charge < -0.3 is 5.32 Å². The minimum Gasteiger partial charge on any atom is -0.339 e. The maximum Gasteiger partial charge on any atom is 0.149 e. The number of nitrogens with zero attached hydrogens (tertiary/aromatic N) is 1. The predicted octanol–water partition coefficient (Wildman–Crippen LogP) is 4.92. The molecule has 2 rings (SSSR count). The Kier molecular flexibility index (Phi) is 3.72. The summed E-state index contributed by atoms with van der Waals surface area (Å²) in [5, 5.41) is 3.76. The quantitative estimate of drug-likeness (QED) is 0.849. The summed E-state index contributed by atoms with van der Waals surface area (Å²) in [5.41, 5.74) is 0.591. The number of anilines is 2. The Morgan fingerprint density at radius 3 is 2.47 bits per heavy atom. The fourth-order valence-electron chi connectivity index (χ4n) is 1.22. The second kappa shape index (κ2) is 5.08. The molecule has 0 aliphatic heterocycles. The van der Waals surface area contributed by atoms with Crippen LogP contribution >= 0.6 is 34.8 Å². The van der Waals surface area contributed by atoms with Crippen molar-refractivity contribution in [1.29, 1.82) is 0 Å². The van der Waals surface area contributed by atoms with E-state index < -0.39 is 5.82 Å². The van der Waals surface area contributed by atoms with Crippen LogP contribution in [0.5, 0.6) is 0 Å². The van der Waals surface area contributed by atoms with E-state index in [0.717, 1.165) is 0 Å². The standard InChI is InChI=1S/C11H6Cl3FN2/c12-6-3-9(14)11(16-5-6)17-7-1-2-10(15)8(13)4-7/h1-5H,(H,16,17). The molecule has 1 aromatic carbocycles. The molecule has 0 amide bonds. The van der Waals surface area contributed by atoms with Gasteiger partial charge in [-0.2, -0.15) is 0 Å². The van der Waals surface area contributed by atoms with E-state index in [-0.39, 0.29) is 5.02 Å². The zero-order valence-electron chi connectivity index (χ0n) is 8.35. The Balaban J connectivity index is 2.28. The third kappa shape index (κ3) is 3.00. The molecule has 6 heteroatoms. The summed E-state index contributed by atoms with van der Waals surface area (Å²) in [7, 11) is 0. The van der Waals surface area contributed by atoms with Crippen LogP contribution in [0.15, 0.2) is 30.5 Å². The monoisotopic (exact) mass is 290 g/mol. The van der Waals surface area contributed by atoms with Crippen LogP contribution in [0.25, 0.3) is 0 Å². The van der Waals surface area contributed by atoms with E-state index in [0.29, 0.717) is 21.6 Å². The Morgan fingerprint density at radius 2 is 1.82 bits per heavy atom. The van der Waals surface area contributed by atoms with Gasteiger partial charge in [-0.1, -0.05) is 34.8 Å². The lowest BCUT2D eigenvalue weighted by Crippen LogP contribution is -1.94. The number of hydrogen-bond acceptors (Lipinski definition) is 2. The maximum absolute atomic E-state index is 13.0. The van der Waals surface area contributed by atoms with Gasteiger partial charge in [-0.3, -0.25) is 0 Å². The summed E-state index contributed by atoms with van der Waals surface area (Å²) in [5.74, 6) is -0.0499. The molecule has 17 heavy (non-hydrogen) atoms. The van der Waals surface area contributed by atoms with Crippen molar-refractivity contribution >= 4 is 46.3 Å². The minimum atomic E-state index is -0.479. The van der Waals surface area contributed by atoms with Crippen molar-refractivity contribution in [3.05, 3.63) is 51.3 Å². The average molecular weight is 292 g/mol. The maximum atomic E-state index is 13.0. The average Bonchev–Trinajstić information content (AvgIpc) is 2.27. The molecule has 1 N–H and O–H groups in total. The molecule has 0 aliphatic rings. The minimum absolute atomic E-state index is 0.0279. The molecular weight excluding hydrogens is 285 g/mol. The van der Waals surface area contributed by atoms with Gasteiger partial charge in [-0.15, -0.1) is 0 Å². The molecule has 88 valence electrons. The van der Waals surface area contributed by atoms with Crippen molar-refractivity contribution in [1.82, 2.24) is 4.98 Å². The van der Waals surface area contributed by atoms with Crippen molar-refractivity contribution in [3.63, 3.8) is 0 Å². The third-order valence-electron chi connectivity index (χ3n) is 1.99. The van der Waals surface area contributed by atoms with Gasteiger partial charge in [0.1, 0.15) is 11.6 Å². The van der Waals surface area contributed by atoms with E-state index in [9.17, 15) is 4.39 Å². The van der Waals surface area contributed by atoms with Crippen LogP contribution in [-0.2, 0) is 0 Å². The first kappa shape index (κ1) is 12.4. The van der Waals surface area contributed by atoms with Crippen LogP contribution in [0, 0.1) is 5.82 Å². The lowest BCUT2D eigenvalue weighted by Gasteiger charge is -2.08. The molecule has 0 radical (unpaired) electrons. The first-order chi connectivity index (χ1) is 8.06. The number of nitrogens with one attached hydrogen (secondary N) is 1. The summed E-state index contributed by atoms with van der Waals surface area (Å²) in [6, 6.07) is 5.80. The van der Waals surface area contributed by atoms with Gasteiger partial charge in [0, 0.05) is 11.9 Å². The van der Waals surface area contributed by atoms with Gasteiger partial charge in [-0.05, 0) is 24.3 Å². The zero-order chi connectivity index (χ0) is 12.4. The molecular formula is C11H6Cl3FN2. The first-order valence-electron chi connectivity index (χ1n) is 4.59. The highest BCUT2D eigenvalue weighted by Gasteiger charge is 2.05. The molecule has 0 spiro atoms.